The number of nitrogens with zero attached hydrogens (tertiary/aromatic N) is 2. The number of hydrogen-bond donors (Lipinski definition) is 1. The highest BCUT2D eigenvalue weighted by Gasteiger charge is 2.29. The number of aromatic carboxylic acids is 1. The molecule has 14 heavy (non-hydrogen) atoms. The SMILES string of the molecule is Cc1cc(C(=O)O)nn1CC(F)(F)F. The molecule has 0 aliphatic rings. The second kappa shape index (κ2) is 3.32. The van der Waals surface area contributed by atoms with Crippen molar-refractivity contribution in [3.63, 3.8) is 0 Å². The van der Waals surface area contributed by atoms with E-state index in [-0.39, 0.29) is 11.4 Å². The molecule has 1 aromatic rings. The molecule has 0 aliphatic heterocycles. The van der Waals surface area contributed by atoms with Crippen molar-refractivity contribution in [2.45, 2.75) is 19.6 Å². The molecule has 0 atom stereocenters. The van der Waals surface area contributed by atoms with Gasteiger partial charge < -0.3 is 5.11 Å². The van der Waals surface area contributed by atoms with Crippen LogP contribution in [0.2, 0.25) is 0 Å². The minimum Gasteiger partial charge on any atom is -0.476 e. The summed E-state index contributed by atoms with van der Waals surface area (Å²) in [4.78, 5) is 10.4. The average Bonchev–Trinajstić information content (AvgIpc) is 2.29. The Morgan fingerprint density at radius 3 is 2.57 bits per heavy atom. The molecule has 0 aromatic carbocycles. The standard InChI is InChI=1S/C7H7F3N2O2/c1-4-2-5(6(13)14)11-12(4)3-7(8,9)10/h2H,3H2,1H3,(H,13,14). The predicted octanol–water partition coefficient (Wildman–Crippen LogP) is 1.45. The molecule has 7 heteroatoms. The lowest BCUT2D eigenvalue weighted by Crippen LogP contribution is -2.19. The molecular formula is C7H7F3N2O2. The van der Waals surface area contributed by atoms with Crippen LogP contribution < -0.4 is 0 Å². The van der Waals surface area contributed by atoms with E-state index in [1.165, 1.54) is 6.92 Å². The van der Waals surface area contributed by atoms with Gasteiger partial charge in [-0.05, 0) is 13.0 Å². The molecule has 1 N–H and O–H groups in total. The average molecular weight is 208 g/mol. The molecule has 4 nitrogen and oxygen atoms in total. The van der Waals surface area contributed by atoms with Crippen molar-refractivity contribution >= 4 is 5.97 Å². The number of carboxylic acid groups (broad SMARTS) is 1. The van der Waals surface area contributed by atoms with E-state index in [1.807, 2.05) is 0 Å². The molecule has 0 bridgehead atoms. The summed E-state index contributed by atoms with van der Waals surface area (Å²) >= 11 is 0. The van der Waals surface area contributed by atoms with Crippen LogP contribution in [0, 0.1) is 6.92 Å². The van der Waals surface area contributed by atoms with Crippen LogP contribution in [0.25, 0.3) is 0 Å². The van der Waals surface area contributed by atoms with Crippen molar-refractivity contribution in [3.05, 3.63) is 17.5 Å². The summed E-state index contributed by atoms with van der Waals surface area (Å²) in [5.74, 6) is -1.34. The Hall–Kier alpha value is -1.53. The van der Waals surface area contributed by atoms with E-state index < -0.39 is 18.7 Å². The Bertz CT molecular complexity index is 356. The Morgan fingerprint density at radius 1 is 1.64 bits per heavy atom. The number of halogens is 3. The van der Waals surface area contributed by atoms with Crippen molar-refractivity contribution in [2.75, 3.05) is 0 Å². The van der Waals surface area contributed by atoms with Crippen molar-refractivity contribution < 1.29 is 23.1 Å². The van der Waals surface area contributed by atoms with E-state index in [9.17, 15) is 18.0 Å². The Labute approximate surface area is 77.0 Å². The molecule has 0 radical (unpaired) electrons. The van der Waals surface area contributed by atoms with E-state index in [4.69, 9.17) is 5.11 Å². The van der Waals surface area contributed by atoms with Gasteiger partial charge in [0.15, 0.2) is 5.69 Å². The lowest BCUT2D eigenvalue weighted by molar-refractivity contribution is -0.143. The molecule has 0 unspecified atom stereocenters. The number of carbonyl (C=O) groups is 1. The van der Waals surface area contributed by atoms with Crippen LogP contribution in [0.4, 0.5) is 13.2 Å². The number of carboxylic acids is 1. The molecule has 0 spiro atoms. The number of aromatic nitrogens is 2. The monoisotopic (exact) mass is 208 g/mol. The third-order valence-corrected chi connectivity index (χ3v) is 1.53. The topological polar surface area (TPSA) is 55.1 Å². The lowest BCUT2D eigenvalue weighted by atomic mass is 10.4. The minimum absolute atomic E-state index is 0.166. The van der Waals surface area contributed by atoms with Crippen LogP contribution in [0.1, 0.15) is 16.2 Å². The third-order valence-electron chi connectivity index (χ3n) is 1.53. The van der Waals surface area contributed by atoms with Gasteiger partial charge in [-0.1, -0.05) is 0 Å². The fraction of sp³-hybridized carbons (Fsp3) is 0.429. The van der Waals surface area contributed by atoms with E-state index in [0.717, 1.165) is 6.07 Å². The Kier molecular flexibility index (Phi) is 2.50. The van der Waals surface area contributed by atoms with E-state index in [1.54, 1.807) is 0 Å². The van der Waals surface area contributed by atoms with Gasteiger partial charge in [-0.2, -0.15) is 18.3 Å². The molecule has 1 rings (SSSR count). The van der Waals surface area contributed by atoms with Crippen molar-refractivity contribution in [1.82, 2.24) is 9.78 Å². The minimum atomic E-state index is -4.40. The van der Waals surface area contributed by atoms with Gasteiger partial charge >= 0.3 is 12.1 Å². The van der Waals surface area contributed by atoms with Gasteiger partial charge in [-0.15, -0.1) is 0 Å². The van der Waals surface area contributed by atoms with Crippen molar-refractivity contribution in [3.8, 4) is 0 Å². The van der Waals surface area contributed by atoms with E-state index >= 15 is 0 Å². The van der Waals surface area contributed by atoms with Crippen molar-refractivity contribution in [2.24, 2.45) is 0 Å². The highest BCUT2D eigenvalue weighted by molar-refractivity contribution is 5.85. The second-order valence-electron chi connectivity index (χ2n) is 2.75. The summed E-state index contributed by atoms with van der Waals surface area (Å²) < 4.78 is 36.4. The largest absolute Gasteiger partial charge is 0.476 e. The molecule has 0 saturated heterocycles. The first-order chi connectivity index (χ1) is 6.29. The van der Waals surface area contributed by atoms with Crippen LogP contribution in [-0.4, -0.2) is 27.0 Å². The zero-order chi connectivity index (χ0) is 10.9. The molecule has 78 valence electrons. The number of rotatable bonds is 2. The highest BCUT2D eigenvalue weighted by atomic mass is 19.4. The van der Waals surface area contributed by atoms with Crippen molar-refractivity contribution in [1.29, 1.82) is 0 Å². The molecule has 0 saturated carbocycles. The van der Waals surface area contributed by atoms with Gasteiger partial charge in [-0.3, -0.25) is 4.68 Å². The van der Waals surface area contributed by atoms with Gasteiger partial charge in [0, 0.05) is 5.69 Å². The molecular weight excluding hydrogens is 201 g/mol. The fourth-order valence-corrected chi connectivity index (χ4v) is 0.945. The van der Waals surface area contributed by atoms with Gasteiger partial charge in [0.25, 0.3) is 0 Å². The van der Waals surface area contributed by atoms with Gasteiger partial charge in [-0.25, -0.2) is 4.79 Å². The smallest absolute Gasteiger partial charge is 0.408 e. The molecule has 0 aliphatic carbocycles. The van der Waals surface area contributed by atoms with Crippen LogP contribution in [0.3, 0.4) is 0 Å². The van der Waals surface area contributed by atoms with Crippen LogP contribution >= 0.6 is 0 Å². The number of alkyl halides is 3. The maximum absolute atomic E-state index is 11.9. The first-order valence-electron chi connectivity index (χ1n) is 3.64. The Morgan fingerprint density at radius 2 is 2.21 bits per heavy atom. The van der Waals surface area contributed by atoms with Crippen LogP contribution in [-0.2, 0) is 6.54 Å². The number of aryl methyl sites for hydroxylation is 1. The molecule has 1 heterocycles. The highest BCUT2D eigenvalue weighted by Crippen LogP contribution is 2.18. The quantitative estimate of drug-likeness (QED) is 0.800. The molecule has 0 fully saturated rings. The maximum atomic E-state index is 11.9. The Balaban J connectivity index is 2.94. The summed E-state index contributed by atoms with van der Waals surface area (Å²) in [5.41, 5.74) is -0.216. The summed E-state index contributed by atoms with van der Waals surface area (Å²) in [6.45, 7) is 0.0945. The van der Waals surface area contributed by atoms with Crippen LogP contribution in [0.15, 0.2) is 6.07 Å². The zero-order valence-electron chi connectivity index (χ0n) is 7.17. The summed E-state index contributed by atoms with van der Waals surface area (Å²) in [6, 6.07) is 1.09. The maximum Gasteiger partial charge on any atom is 0.408 e. The fourth-order valence-electron chi connectivity index (χ4n) is 0.945. The third kappa shape index (κ3) is 2.48. The first-order valence-corrected chi connectivity index (χ1v) is 3.64. The van der Waals surface area contributed by atoms with Gasteiger partial charge in [0.2, 0.25) is 0 Å². The predicted molar refractivity (Wildman–Crippen MR) is 40.0 cm³/mol. The summed E-state index contributed by atoms with van der Waals surface area (Å²) in [5, 5.41) is 11.8. The van der Waals surface area contributed by atoms with Crippen LogP contribution in [0.5, 0.6) is 0 Å². The first kappa shape index (κ1) is 10.6. The lowest BCUT2D eigenvalue weighted by Gasteiger charge is -2.07. The van der Waals surface area contributed by atoms with E-state index in [0.29, 0.717) is 4.68 Å². The number of hydrogen-bond acceptors (Lipinski definition) is 2. The summed E-state index contributed by atoms with van der Waals surface area (Å²) in [6.07, 6.45) is -4.40. The molecule has 0 amide bonds. The molecule has 1 aromatic heterocycles. The normalized spacial score (nSPS) is 11.7. The van der Waals surface area contributed by atoms with Gasteiger partial charge in [0.1, 0.15) is 6.54 Å². The van der Waals surface area contributed by atoms with Gasteiger partial charge in [0.05, 0.1) is 0 Å². The van der Waals surface area contributed by atoms with E-state index in [2.05, 4.69) is 5.10 Å². The summed E-state index contributed by atoms with van der Waals surface area (Å²) in [7, 11) is 0. The second-order valence-corrected chi connectivity index (χ2v) is 2.75. The zero-order valence-corrected chi connectivity index (χ0v) is 7.17.